The number of hydrogen-bond donors (Lipinski definition) is 2. The predicted molar refractivity (Wildman–Crippen MR) is 140 cm³/mol. The van der Waals surface area contributed by atoms with E-state index in [0.29, 0.717) is 16.7 Å². The Labute approximate surface area is 227 Å². The minimum atomic E-state index is -4.84. The van der Waals surface area contributed by atoms with Gasteiger partial charge in [-0.05, 0) is 68.3 Å². The average molecular weight is 556 g/mol. The number of aromatic hydroxyl groups is 1. The molecular formula is C29H25F4N3O4. The minimum absolute atomic E-state index is 0.0276. The summed E-state index contributed by atoms with van der Waals surface area (Å²) < 4.78 is 66.7. The lowest BCUT2D eigenvalue weighted by atomic mass is 10.0. The third kappa shape index (κ3) is 7.46. The highest BCUT2D eigenvalue weighted by atomic mass is 19.4. The zero-order chi connectivity index (χ0) is 29.1. The van der Waals surface area contributed by atoms with E-state index in [9.17, 15) is 27.5 Å². The van der Waals surface area contributed by atoms with Crippen LogP contribution in [0.4, 0.5) is 28.3 Å². The SMILES string of the molecule is CC(C)(C)OC(=O)Nc1nc(OC(c2ccc(-c3cccc(F)c3)cc2)C(F)(F)F)cc(-c2ccc(O)cc2)n1. The van der Waals surface area contributed by atoms with E-state index in [1.807, 2.05) is 0 Å². The van der Waals surface area contributed by atoms with Gasteiger partial charge in [-0.25, -0.2) is 14.2 Å². The molecule has 0 aliphatic heterocycles. The van der Waals surface area contributed by atoms with Gasteiger partial charge >= 0.3 is 12.3 Å². The van der Waals surface area contributed by atoms with Crippen LogP contribution in [0.3, 0.4) is 0 Å². The second kappa shape index (κ2) is 11.2. The number of aromatic nitrogens is 2. The van der Waals surface area contributed by atoms with Crippen LogP contribution in [0.1, 0.15) is 32.4 Å². The molecule has 7 nitrogen and oxygen atoms in total. The molecule has 1 unspecified atom stereocenters. The molecule has 0 fully saturated rings. The van der Waals surface area contributed by atoms with Crippen molar-refractivity contribution < 1.29 is 36.9 Å². The Bertz CT molecular complexity index is 1490. The summed E-state index contributed by atoms with van der Waals surface area (Å²) in [7, 11) is 0. The Kier molecular flexibility index (Phi) is 7.94. The number of phenols is 1. The highest BCUT2D eigenvalue weighted by Gasteiger charge is 2.43. The van der Waals surface area contributed by atoms with Gasteiger partial charge in [0.25, 0.3) is 0 Å². The van der Waals surface area contributed by atoms with Crippen LogP contribution in [0, 0.1) is 5.82 Å². The van der Waals surface area contributed by atoms with Gasteiger partial charge in [0.05, 0.1) is 5.69 Å². The third-order valence-corrected chi connectivity index (χ3v) is 5.39. The summed E-state index contributed by atoms with van der Waals surface area (Å²) in [6.07, 6.45) is -8.18. The van der Waals surface area contributed by atoms with Crippen molar-refractivity contribution >= 4 is 12.0 Å². The van der Waals surface area contributed by atoms with E-state index >= 15 is 0 Å². The van der Waals surface area contributed by atoms with E-state index in [4.69, 9.17) is 9.47 Å². The topological polar surface area (TPSA) is 93.6 Å². The summed E-state index contributed by atoms with van der Waals surface area (Å²) in [6, 6.07) is 17.9. The van der Waals surface area contributed by atoms with Gasteiger partial charge in [0, 0.05) is 17.2 Å². The van der Waals surface area contributed by atoms with E-state index in [1.165, 1.54) is 72.8 Å². The number of alkyl halides is 3. The molecule has 208 valence electrons. The van der Waals surface area contributed by atoms with Crippen molar-refractivity contribution in [2.24, 2.45) is 0 Å². The van der Waals surface area contributed by atoms with Crippen LogP contribution in [0.5, 0.6) is 11.6 Å². The molecule has 4 aromatic rings. The first-order chi connectivity index (χ1) is 18.8. The van der Waals surface area contributed by atoms with Crippen LogP contribution in [0.2, 0.25) is 0 Å². The smallest absolute Gasteiger partial charge is 0.429 e. The average Bonchev–Trinajstić information content (AvgIpc) is 2.86. The van der Waals surface area contributed by atoms with Gasteiger partial charge in [0.2, 0.25) is 17.9 Å². The van der Waals surface area contributed by atoms with Crippen molar-refractivity contribution in [2.75, 3.05) is 5.32 Å². The first kappa shape index (κ1) is 28.3. The Morgan fingerprint density at radius 2 is 1.52 bits per heavy atom. The van der Waals surface area contributed by atoms with Gasteiger partial charge in [-0.15, -0.1) is 0 Å². The van der Waals surface area contributed by atoms with E-state index in [0.717, 1.165) is 0 Å². The Hall–Kier alpha value is -4.67. The van der Waals surface area contributed by atoms with Gasteiger partial charge in [0.1, 0.15) is 17.2 Å². The van der Waals surface area contributed by atoms with Gasteiger partial charge in [-0.3, -0.25) is 5.32 Å². The Balaban J connectivity index is 1.69. The molecule has 0 radical (unpaired) electrons. The first-order valence-corrected chi connectivity index (χ1v) is 12.0. The fourth-order valence-electron chi connectivity index (χ4n) is 3.68. The standard InChI is InChI=1S/C29H25F4N3O4/c1-28(2,3)40-27(38)36-26-34-23(18-11-13-22(37)14-12-18)16-24(35-26)39-25(29(31,32)33)19-9-7-17(8-10-19)20-5-4-6-21(30)15-20/h4-16,25,37H,1-3H3,(H,34,35,36,38). The number of rotatable bonds is 6. The van der Waals surface area contributed by atoms with Gasteiger partial charge in [-0.1, -0.05) is 36.4 Å². The lowest BCUT2D eigenvalue weighted by molar-refractivity contribution is -0.198. The third-order valence-electron chi connectivity index (χ3n) is 5.39. The van der Waals surface area contributed by atoms with Crippen molar-refractivity contribution in [1.29, 1.82) is 0 Å². The van der Waals surface area contributed by atoms with E-state index in [-0.39, 0.29) is 23.0 Å². The molecule has 1 heterocycles. The van der Waals surface area contributed by atoms with Crippen LogP contribution in [0.15, 0.2) is 78.9 Å². The number of amides is 1. The van der Waals surface area contributed by atoms with Crippen molar-refractivity contribution in [2.45, 2.75) is 38.7 Å². The lowest BCUT2D eigenvalue weighted by Gasteiger charge is -2.23. The number of carbonyl (C=O) groups excluding carboxylic acids is 1. The number of halogens is 4. The molecule has 1 aromatic heterocycles. The number of nitrogens with one attached hydrogen (secondary N) is 1. The number of ether oxygens (including phenoxy) is 2. The summed E-state index contributed by atoms with van der Waals surface area (Å²) in [5, 5.41) is 11.9. The van der Waals surface area contributed by atoms with Crippen molar-refractivity contribution in [3.63, 3.8) is 0 Å². The summed E-state index contributed by atoms with van der Waals surface area (Å²) >= 11 is 0. The van der Waals surface area contributed by atoms with Crippen LogP contribution < -0.4 is 10.1 Å². The highest BCUT2D eigenvalue weighted by molar-refractivity contribution is 5.83. The summed E-state index contributed by atoms with van der Waals surface area (Å²) in [4.78, 5) is 20.5. The fraction of sp³-hybridized carbons (Fsp3) is 0.207. The second-order valence-electron chi connectivity index (χ2n) is 9.76. The Morgan fingerprint density at radius 3 is 2.12 bits per heavy atom. The van der Waals surface area contributed by atoms with E-state index < -0.39 is 35.7 Å². The molecule has 0 aliphatic rings. The number of anilines is 1. The summed E-state index contributed by atoms with van der Waals surface area (Å²) in [5.74, 6) is -1.32. The van der Waals surface area contributed by atoms with Gasteiger partial charge < -0.3 is 14.6 Å². The molecular weight excluding hydrogens is 530 g/mol. The Morgan fingerprint density at radius 1 is 0.875 bits per heavy atom. The summed E-state index contributed by atoms with van der Waals surface area (Å²) in [6.45, 7) is 4.92. The van der Waals surface area contributed by atoms with Crippen molar-refractivity contribution in [3.8, 4) is 34.0 Å². The lowest BCUT2D eigenvalue weighted by Crippen LogP contribution is -2.28. The molecule has 0 saturated heterocycles. The van der Waals surface area contributed by atoms with E-state index in [2.05, 4.69) is 15.3 Å². The summed E-state index contributed by atoms with van der Waals surface area (Å²) in [5.41, 5.74) is 0.488. The second-order valence-corrected chi connectivity index (χ2v) is 9.76. The van der Waals surface area contributed by atoms with Crippen LogP contribution in [-0.4, -0.2) is 32.9 Å². The maximum absolute atomic E-state index is 14.2. The highest BCUT2D eigenvalue weighted by Crippen LogP contribution is 2.38. The molecule has 3 aromatic carbocycles. The van der Waals surface area contributed by atoms with Crippen LogP contribution in [0.25, 0.3) is 22.4 Å². The molecule has 1 atom stereocenters. The molecule has 40 heavy (non-hydrogen) atoms. The quantitative estimate of drug-likeness (QED) is 0.237. The predicted octanol–water partition coefficient (Wildman–Crippen LogP) is 7.68. The van der Waals surface area contributed by atoms with Gasteiger partial charge in [-0.2, -0.15) is 18.2 Å². The normalized spacial score (nSPS) is 12.5. The van der Waals surface area contributed by atoms with Crippen molar-refractivity contribution in [3.05, 3.63) is 90.2 Å². The zero-order valence-electron chi connectivity index (χ0n) is 21.7. The maximum Gasteiger partial charge on any atom is 0.429 e. The van der Waals surface area contributed by atoms with Crippen molar-refractivity contribution in [1.82, 2.24) is 9.97 Å². The first-order valence-electron chi connectivity index (χ1n) is 12.0. The number of phenolic OH excluding ortho intramolecular Hbond substituents is 1. The molecule has 0 spiro atoms. The molecule has 0 bridgehead atoms. The van der Waals surface area contributed by atoms with E-state index in [1.54, 1.807) is 26.8 Å². The van der Waals surface area contributed by atoms with Crippen LogP contribution >= 0.6 is 0 Å². The molecule has 0 saturated carbocycles. The zero-order valence-corrected chi connectivity index (χ0v) is 21.7. The molecule has 11 heteroatoms. The molecule has 4 rings (SSSR count). The molecule has 1 amide bonds. The largest absolute Gasteiger partial charge is 0.508 e. The monoisotopic (exact) mass is 555 g/mol. The molecule has 2 N–H and O–H groups in total. The maximum atomic E-state index is 14.2. The minimum Gasteiger partial charge on any atom is -0.508 e. The number of hydrogen-bond acceptors (Lipinski definition) is 6. The molecule has 0 aliphatic carbocycles. The van der Waals surface area contributed by atoms with Crippen LogP contribution in [-0.2, 0) is 4.74 Å². The fourth-order valence-corrected chi connectivity index (χ4v) is 3.68. The number of benzene rings is 3. The van der Waals surface area contributed by atoms with Gasteiger partial charge in [0.15, 0.2) is 0 Å². The number of nitrogens with zero attached hydrogens (tertiary/aromatic N) is 2. The number of carbonyl (C=O) groups is 1.